The van der Waals surface area contributed by atoms with Crippen LogP contribution < -0.4 is 10.6 Å². The van der Waals surface area contributed by atoms with Crippen molar-refractivity contribution in [3.05, 3.63) is 23.9 Å². The summed E-state index contributed by atoms with van der Waals surface area (Å²) in [6.45, 7) is 5.30. The van der Waals surface area contributed by atoms with E-state index < -0.39 is 0 Å². The molecule has 5 nitrogen and oxygen atoms in total. The van der Waals surface area contributed by atoms with Gasteiger partial charge in [-0.05, 0) is 26.0 Å². The smallest absolute Gasteiger partial charge is 0.129 e. The molecule has 1 aliphatic heterocycles. The van der Waals surface area contributed by atoms with Gasteiger partial charge in [0.2, 0.25) is 0 Å². The molecule has 104 valence electrons. The molecule has 0 aromatic carbocycles. The van der Waals surface area contributed by atoms with E-state index in [-0.39, 0.29) is 23.3 Å². The molecule has 2 rings (SSSR count). The van der Waals surface area contributed by atoms with Gasteiger partial charge in [0.1, 0.15) is 10.8 Å². The lowest BCUT2D eigenvalue weighted by Crippen LogP contribution is -2.54. The number of rotatable bonds is 3. The molecular weight excluding hydrogens is 262 g/mol. The Morgan fingerprint density at radius 1 is 1.63 bits per heavy atom. The molecule has 0 spiro atoms. The number of nitrogens with two attached hydrogens (primary N) is 1. The summed E-state index contributed by atoms with van der Waals surface area (Å²) in [5.41, 5.74) is 5.89. The molecule has 0 saturated carbocycles. The van der Waals surface area contributed by atoms with E-state index in [2.05, 4.69) is 9.88 Å². The van der Waals surface area contributed by atoms with E-state index in [1.165, 1.54) is 0 Å². The van der Waals surface area contributed by atoms with Crippen LogP contribution in [0.25, 0.3) is 0 Å². The number of aromatic nitrogens is 1. The maximum atomic E-state index is 9.32. The van der Waals surface area contributed by atoms with Gasteiger partial charge in [0.15, 0.2) is 0 Å². The molecular formula is C13H19N3O2S. The Hall–Kier alpha value is -1.24. The van der Waals surface area contributed by atoms with Gasteiger partial charge in [0.05, 0.1) is 24.0 Å². The molecule has 1 aromatic rings. The molecule has 19 heavy (non-hydrogen) atoms. The summed E-state index contributed by atoms with van der Waals surface area (Å²) >= 11 is 4.95. The number of aliphatic hydroxyl groups is 1. The zero-order valence-corrected chi connectivity index (χ0v) is 12.0. The first-order valence-corrected chi connectivity index (χ1v) is 6.62. The van der Waals surface area contributed by atoms with Crippen molar-refractivity contribution >= 4 is 23.0 Å². The highest BCUT2D eigenvalue weighted by Gasteiger charge is 2.33. The fourth-order valence-electron chi connectivity index (χ4n) is 2.30. The van der Waals surface area contributed by atoms with E-state index in [4.69, 9.17) is 22.7 Å². The van der Waals surface area contributed by atoms with Gasteiger partial charge in [-0.3, -0.25) is 0 Å². The third-order valence-corrected chi connectivity index (χ3v) is 3.20. The van der Waals surface area contributed by atoms with Crippen molar-refractivity contribution in [1.29, 1.82) is 0 Å². The summed E-state index contributed by atoms with van der Waals surface area (Å²) in [6, 6.07) is 5.59. The number of thiocarbonyl (C=S) groups is 1. The van der Waals surface area contributed by atoms with Crippen LogP contribution in [0, 0.1) is 0 Å². The Bertz CT molecular complexity index is 479. The van der Waals surface area contributed by atoms with Crippen molar-refractivity contribution in [2.24, 2.45) is 5.73 Å². The molecule has 0 bridgehead atoms. The summed E-state index contributed by atoms with van der Waals surface area (Å²) in [5, 5.41) is 9.32. The zero-order valence-electron chi connectivity index (χ0n) is 11.2. The number of morpholine rings is 1. The monoisotopic (exact) mass is 281 g/mol. The number of aliphatic hydroxyl groups excluding tert-OH is 1. The molecule has 1 unspecified atom stereocenters. The van der Waals surface area contributed by atoms with Crippen molar-refractivity contribution in [2.45, 2.75) is 25.6 Å². The molecule has 1 atom stereocenters. The van der Waals surface area contributed by atoms with Crippen molar-refractivity contribution in [3.63, 3.8) is 0 Å². The molecule has 1 aromatic heterocycles. The lowest BCUT2D eigenvalue weighted by atomic mass is 10.1. The fraction of sp³-hybridized carbons (Fsp3) is 0.538. The number of pyridine rings is 1. The van der Waals surface area contributed by atoms with Gasteiger partial charge in [-0.15, -0.1) is 0 Å². The van der Waals surface area contributed by atoms with Crippen molar-refractivity contribution in [1.82, 2.24) is 4.98 Å². The van der Waals surface area contributed by atoms with Crippen molar-refractivity contribution in [3.8, 4) is 0 Å². The van der Waals surface area contributed by atoms with Gasteiger partial charge in [-0.2, -0.15) is 0 Å². The third kappa shape index (κ3) is 3.40. The predicted octanol–water partition coefficient (Wildman–Crippen LogP) is 0.692. The van der Waals surface area contributed by atoms with Crippen LogP contribution >= 0.6 is 12.2 Å². The first kappa shape index (κ1) is 14.2. The van der Waals surface area contributed by atoms with Crippen molar-refractivity contribution in [2.75, 3.05) is 24.6 Å². The van der Waals surface area contributed by atoms with Crippen LogP contribution in [0.1, 0.15) is 19.5 Å². The molecule has 1 saturated heterocycles. The van der Waals surface area contributed by atoms with Crippen LogP contribution in [0.15, 0.2) is 18.2 Å². The first-order chi connectivity index (χ1) is 8.91. The zero-order chi connectivity index (χ0) is 14.0. The summed E-state index contributed by atoms with van der Waals surface area (Å²) < 4.78 is 5.78. The number of hydrogen-bond donors (Lipinski definition) is 2. The second kappa shape index (κ2) is 5.40. The normalized spacial score (nSPS) is 22.3. The Kier molecular flexibility index (Phi) is 4.03. The standard InChI is InChI=1S/C13H19N3O2S/c1-13(2)8-16(6-9(7-17)18-13)11-5-3-4-10(15-11)12(14)19/h3-5,9,17H,6-8H2,1-2H3,(H2,14,19). The van der Waals surface area contributed by atoms with Crippen LogP contribution in [0.3, 0.4) is 0 Å². The molecule has 3 N–H and O–H groups in total. The lowest BCUT2D eigenvalue weighted by Gasteiger charge is -2.42. The van der Waals surface area contributed by atoms with Gasteiger partial charge in [0, 0.05) is 13.1 Å². The van der Waals surface area contributed by atoms with Crippen molar-refractivity contribution < 1.29 is 9.84 Å². The summed E-state index contributed by atoms with van der Waals surface area (Å²) in [6.07, 6.45) is -0.209. The Morgan fingerprint density at radius 3 is 3.00 bits per heavy atom. The molecule has 1 aliphatic rings. The minimum absolute atomic E-state index is 0.00504. The number of hydrogen-bond acceptors (Lipinski definition) is 5. The quantitative estimate of drug-likeness (QED) is 0.794. The summed E-state index contributed by atoms with van der Waals surface area (Å²) in [5.74, 6) is 0.806. The van der Waals surface area contributed by atoms with Crippen LogP contribution in [-0.4, -0.2) is 46.5 Å². The van der Waals surface area contributed by atoms with Gasteiger partial charge in [-0.1, -0.05) is 18.3 Å². The molecule has 6 heteroatoms. The minimum atomic E-state index is -0.327. The van der Waals surface area contributed by atoms with Gasteiger partial charge < -0.3 is 20.5 Å². The first-order valence-electron chi connectivity index (χ1n) is 6.22. The van der Waals surface area contributed by atoms with E-state index in [0.717, 1.165) is 5.82 Å². The number of anilines is 1. The topological polar surface area (TPSA) is 71.6 Å². The SMILES string of the molecule is CC1(C)CN(c2cccc(C(N)=S)n2)CC(CO)O1. The van der Waals surface area contributed by atoms with Gasteiger partial charge in [0.25, 0.3) is 0 Å². The second-order valence-corrected chi connectivity index (χ2v) is 5.75. The highest BCUT2D eigenvalue weighted by Crippen LogP contribution is 2.24. The third-order valence-electron chi connectivity index (χ3n) is 3.00. The van der Waals surface area contributed by atoms with Gasteiger partial charge in [-0.25, -0.2) is 4.98 Å². The van der Waals surface area contributed by atoms with E-state index in [0.29, 0.717) is 18.8 Å². The van der Waals surface area contributed by atoms with Crippen LogP contribution in [0.2, 0.25) is 0 Å². The molecule has 0 amide bonds. The minimum Gasteiger partial charge on any atom is -0.394 e. The summed E-state index contributed by atoms with van der Waals surface area (Å²) in [4.78, 5) is 6.83. The molecule has 2 heterocycles. The Balaban J connectivity index is 2.25. The van der Waals surface area contributed by atoms with E-state index in [9.17, 15) is 5.11 Å². The van der Waals surface area contributed by atoms with Crippen LogP contribution in [0.5, 0.6) is 0 Å². The second-order valence-electron chi connectivity index (χ2n) is 5.31. The molecule has 0 aliphatic carbocycles. The average molecular weight is 281 g/mol. The molecule has 1 fully saturated rings. The predicted molar refractivity (Wildman–Crippen MR) is 78.4 cm³/mol. The Labute approximate surface area is 118 Å². The van der Waals surface area contributed by atoms with Crippen LogP contribution in [-0.2, 0) is 4.74 Å². The largest absolute Gasteiger partial charge is 0.394 e. The van der Waals surface area contributed by atoms with E-state index in [1.54, 1.807) is 6.07 Å². The van der Waals surface area contributed by atoms with E-state index >= 15 is 0 Å². The highest BCUT2D eigenvalue weighted by atomic mass is 32.1. The molecule has 0 radical (unpaired) electrons. The fourth-order valence-corrected chi connectivity index (χ4v) is 2.42. The number of ether oxygens (including phenoxy) is 1. The van der Waals surface area contributed by atoms with Gasteiger partial charge >= 0.3 is 0 Å². The summed E-state index contributed by atoms with van der Waals surface area (Å²) in [7, 11) is 0. The van der Waals surface area contributed by atoms with Crippen LogP contribution in [0.4, 0.5) is 5.82 Å². The maximum Gasteiger partial charge on any atom is 0.129 e. The maximum absolute atomic E-state index is 9.32. The Morgan fingerprint density at radius 2 is 2.37 bits per heavy atom. The average Bonchev–Trinajstić information content (AvgIpc) is 2.37. The number of nitrogens with zero attached hydrogens (tertiary/aromatic N) is 2. The highest BCUT2D eigenvalue weighted by molar-refractivity contribution is 7.80. The lowest BCUT2D eigenvalue weighted by molar-refractivity contribution is -0.101. The van der Waals surface area contributed by atoms with E-state index in [1.807, 2.05) is 26.0 Å².